The van der Waals surface area contributed by atoms with Crippen molar-refractivity contribution in [2.45, 2.75) is 32.6 Å². The van der Waals surface area contributed by atoms with E-state index in [1.54, 1.807) is 18.3 Å². The van der Waals surface area contributed by atoms with Crippen molar-refractivity contribution in [3.8, 4) is 10.4 Å². The van der Waals surface area contributed by atoms with Crippen molar-refractivity contribution in [2.24, 2.45) is 0 Å². The van der Waals surface area contributed by atoms with Crippen LogP contribution in [0.2, 0.25) is 0 Å². The normalized spacial score (nSPS) is 11.4. The van der Waals surface area contributed by atoms with Gasteiger partial charge in [0.2, 0.25) is 0 Å². The molecule has 2 aromatic carbocycles. The van der Waals surface area contributed by atoms with Crippen LogP contribution in [0.15, 0.2) is 54.7 Å². The highest BCUT2D eigenvalue weighted by molar-refractivity contribution is 7.15. The summed E-state index contributed by atoms with van der Waals surface area (Å²) < 4.78 is 0. The molecule has 0 unspecified atom stereocenters. The van der Waals surface area contributed by atoms with Gasteiger partial charge in [0, 0.05) is 23.4 Å². The zero-order valence-electron chi connectivity index (χ0n) is 15.4. The molecule has 0 aliphatic heterocycles. The molecule has 0 fully saturated rings. The highest BCUT2D eigenvalue weighted by Crippen LogP contribution is 2.32. The lowest BCUT2D eigenvalue weighted by atomic mass is 9.85. The first kappa shape index (κ1) is 18.9. The summed E-state index contributed by atoms with van der Waals surface area (Å²) in [4.78, 5) is 29.0. The van der Waals surface area contributed by atoms with Crippen LogP contribution in [0.3, 0.4) is 0 Å². The Labute approximate surface area is 161 Å². The number of carbonyl (C=O) groups is 1. The topological polar surface area (TPSA) is 73.1 Å². The predicted molar refractivity (Wildman–Crippen MR) is 107 cm³/mol. The van der Waals surface area contributed by atoms with Crippen molar-refractivity contribution in [3.63, 3.8) is 0 Å². The minimum atomic E-state index is -0.422. The summed E-state index contributed by atoms with van der Waals surface area (Å²) in [5, 5.41) is 12.1. The molecule has 0 aliphatic carbocycles. The summed E-state index contributed by atoms with van der Waals surface area (Å²) in [6.45, 7) is 5.74. The van der Waals surface area contributed by atoms with E-state index in [0.717, 1.165) is 10.4 Å². The Balaban J connectivity index is 1.84. The molecule has 1 heterocycles. The number of hydrogen-bond acceptors (Lipinski definition) is 5. The Morgan fingerprint density at radius 2 is 1.85 bits per heavy atom. The molecule has 0 radical (unpaired) electrons. The fourth-order valence-corrected chi connectivity index (χ4v) is 3.78. The van der Waals surface area contributed by atoms with Crippen LogP contribution in [-0.4, -0.2) is 15.7 Å². The van der Waals surface area contributed by atoms with Crippen molar-refractivity contribution < 1.29 is 9.72 Å². The number of thiazole rings is 1. The fraction of sp³-hybridized carbons (Fsp3) is 0.238. The number of carbonyl (C=O) groups excluding carboxylic acids is 1. The van der Waals surface area contributed by atoms with Crippen LogP contribution in [-0.2, 0) is 11.8 Å². The van der Waals surface area contributed by atoms with Crippen LogP contribution >= 0.6 is 11.3 Å². The van der Waals surface area contributed by atoms with Crippen LogP contribution < -0.4 is 0 Å². The highest BCUT2D eigenvalue weighted by Gasteiger charge is 2.26. The van der Waals surface area contributed by atoms with Crippen molar-refractivity contribution in [2.75, 3.05) is 0 Å². The molecule has 0 saturated heterocycles. The zero-order valence-corrected chi connectivity index (χ0v) is 16.2. The molecule has 0 amide bonds. The quantitative estimate of drug-likeness (QED) is 0.335. The molecule has 5 nitrogen and oxygen atoms in total. The lowest BCUT2D eigenvalue weighted by Crippen LogP contribution is -2.15. The van der Waals surface area contributed by atoms with Gasteiger partial charge in [-0.1, -0.05) is 63.2 Å². The third-order valence-electron chi connectivity index (χ3n) is 4.25. The summed E-state index contributed by atoms with van der Waals surface area (Å²) in [6.07, 6.45) is 1.89. The van der Waals surface area contributed by atoms with E-state index in [9.17, 15) is 14.9 Å². The third kappa shape index (κ3) is 4.28. The first-order chi connectivity index (χ1) is 12.8. The molecule has 0 atom stereocenters. The first-order valence-corrected chi connectivity index (χ1v) is 9.39. The average molecular weight is 380 g/mol. The predicted octanol–water partition coefficient (Wildman–Crippen LogP) is 5.44. The Morgan fingerprint density at radius 1 is 1.15 bits per heavy atom. The molecule has 0 spiro atoms. The summed E-state index contributed by atoms with van der Waals surface area (Å²) in [6, 6.07) is 14.6. The summed E-state index contributed by atoms with van der Waals surface area (Å²) in [7, 11) is 0. The van der Waals surface area contributed by atoms with Gasteiger partial charge < -0.3 is 0 Å². The maximum absolute atomic E-state index is 12.6. The Kier molecular flexibility index (Phi) is 5.19. The second kappa shape index (κ2) is 7.40. The van der Waals surface area contributed by atoms with Crippen molar-refractivity contribution in [1.82, 2.24) is 4.98 Å². The number of aromatic nitrogens is 1. The molecule has 3 aromatic rings. The average Bonchev–Trinajstić information content (AvgIpc) is 3.09. The van der Waals surface area contributed by atoms with Gasteiger partial charge >= 0.3 is 0 Å². The Hall–Kier alpha value is -2.86. The monoisotopic (exact) mass is 380 g/mol. The van der Waals surface area contributed by atoms with E-state index in [-0.39, 0.29) is 23.3 Å². The van der Waals surface area contributed by atoms with Crippen LogP contribution in [0.1, 0.15) is 41.7 Å². The summed E-state index contributed by atoms with van der Waals surface area (Å²) in [5.41, 5.74) is 1.62. The molecule has 0 aliphatic rings. The number of nitro benzene ring substituents is 1. The SMILES string of the molecule is CC(C)(C)c1ccc(C(=O)Cc2ncc(-c3ccccc3)s2)cc1[N+](=O)[O-]. The van der Waals surface area contributed by atoms with E-state index >= 15 is 0 Å². The van der Waals surface area contributed by atoms with Crippen molar-refractivity contribution in [3.05, 3.63) is 81.0 Å². The van der Waals surface area contributed by atoms with Gasteiger partial charge in [0.25, 0.3) is 5.69 Å². The smallest absolute Gasteiger partial charge is 0.273 e. The molecule has 0 saturated carbocycles. The van der Waals surface area contributed by atoms with E-state index in [1.807, 2.05) is 51.1 Å². The van der Waals surface area contributed by atoms with Crippen LogP contribution in [0, 0.1) is 10.1 Å². The van der Waals surface area contributed by atoms with Crippen LogP contribution in [0.5, 0.6) is 0 Å². The minimum Gasteiger partial charge on any atom is -0.294 e. The molecule has 0 N–H and O–H groups in total. The van der Waals surface area contributed by atoms with Crippen molar-refractivity contribution >= 4 is 22.8 Å². The van der Waals surface area contributed by atoms with Crippen LogP contribution in [0.4, 0.5) is 5.69 Å². The number of hydrogen-bond donors (Lipinski definition) is 0. The van der Waals surface area contributed by atoms with Gasteiger partial charge in [-0.3, -0.25) is 14.9 Å². The molecule has 27 heavy (non-hydrogen) atoms. The number of ketones is 1. The number of nitro groups is 1. The molecule has 6 heteroatoms. The molecule has 138 valence electrons. The molecular weight excluding hydrogens is 360 g/mol. The largest absolute Gasteiger partial charge is 0.294 e. The Bertz CT molecular complexity index is 988. The fourth-order valence-electron chi connectivity index (χ4n) is 2.86. The number of benzene rings is 2. The summed E-state index contributed by atoms with van der Waals surface area (Å²) in [5.74, 6) is -0.174. The van der Waals surface area contributed by atoms with Gasteiger partial charge in [0.1, 0.15) is 5.01 Å². The first-order valence-electron chi connectivity index (χ1n) is 8.58. The Morgan fingerprint density at radius 3 is 2.48 bits per heavy atom. The molecule has 0 bridgehead atoms. The third-order valence-corrected chi connectivity index (χ3v) is 5.29. The van der Waals surface area contributed by atoms with Gasteiger partial charge in [0.15, 0.2) is 5.78 Å². The zero-order chi connectivity index (χ0) is 19.6. The molecule has 1 aromatic heterocycles. The lowest BCUT2D eigenvalue weighted by molar-refractivity contribution is -0.386. The van der Waals surface area contributed by atoms with Gasteiger partial charge in [0.05, 0.1) is 16.2 Å². The van der Waals surface area contributed by atoms with Gasteiger partial charge in [-0.25, -0.2) is 4.98 Å². The number of rotatable bonds is 5. The standard InChI is InChI=1S/C21H20N2O3S/c1-21(2,3)16-10-9-15(11-17(16)23(25)26)18(24)12-20-22-13-19(27-20)14-7-5-4-6-8-14/h4-11,13H,12H2,1-3H3. The van der Waals surface area contributed by atoms with Crippen LogP contribution in [0.25, 0.3) is 10.4 Å². The van der Waals surface area contributed by atoms with E-state index in [4.69, 9.17) is 0 Å². The highest BCUT2D eigenvalue weighted by atomic mass is 32.1. The van der Waals surface area contributed by atoms with E-state index in [1.165, 1.54) is 17.4 Å². The number of Topliss-reactive ketones (excluding diaryl/α,β-unsaturated/α-hetero) is 1. The second-order valence-corrected chi connectivity index (χ2v) is 8.44. The van der Waals surface area contributed by atoms with E-state index in [2.05, 4.69) is 4.98 Å². The maximum Gasteiger partial charge on any atom is 0.273 e. The number of nitrogens with zero attached hydrogens (tertiary/aromatic N) is 2. The lowest BCUT2D eigenvalue weighted by Gasteiger charge is -2.19. The molecular formula is C21H20N2O3S. The van der Waals surface area contributed by atoms with Gasteiger partial charge in [-0.15, -0.1) is 11.3 Å². The summed E-state index contributed by atoms with van der Waals surface area (Å²) >= 11 is 1.46. The molecule has 3 rings (SSSR count). The van der Waals surface area contributed by atoms with Crippen molar-refractivity contribution in [1.29, 1.82) is 0 Å². The van der Waals surface area contributed by atoms with E-state index in [0.29, 0.717) is 16.1 Å². The second-order valence-electron chi connectivity index (χ2n) is 7.32. The van der Waals surface area contributed by atoms with E-state index < -0.39 is 4.92 Å². The maximum atomic E-state index is 12.6. The van der Waals surface area contributed by atoms with Gasteiger partial charge in [-0.2, -0.15) is 0 Å². The minimum absolute atomic E-state index is 0.0162. The van der Waals surface area contributed by atoms with Gasteiger partial charge in [-0.05, 0) is 11.0 Å².